The molecule has 0 radical (unpaired) electrons. The summed E-state index contributed by atoms with van der Waals surface area (Å²) in [5.41, 5.74) is 2.12. The number of rotatable bonds is 0. The van der Waals surface area contributed by atoms with Crippen molar-refractivity contribution in [2.24, 2.45) is 0 Å². The Hall–Kier alpha value is -2.79. The highest BCUT2D eigenvalue weighted by Crippen LogP contribution is 2.26. The number of hydrogen-bond acceptors (Lipinski definition) is 2. The van der Waals surface area contributed by atoms with E-state index in [1.165, 1.54) is 0 Å². The summed E-state index contributed by atoms with van der Waals surface area (Å²) in [5, 5.41) is 0. The van der Waals surface area contributed by atoms with Gasteiger partial charge in [0.2, 0.25) is 0 Å². The van der Waals surface area contributed by atoms with Crippen LogP contribution in [0.5, 0.6) is 5.75 Å². The number of para-hydroxylation sites is 1. The average molecular weight is 260 g/mol. The molecule has 2 heteroatoms. The van der Waals surface area contributed by atoms with E-state index < -0.39 is 0 Å². The first-order valence-corrected chi connectivity index (χ1v) is 6.37. The molecule has 3 rings (SSSR count). The Morgan fingerprint density at radius 3 is 2.60 bits per heavy atom. The summed E-state index contributed by atoms with van der Waals surface area (Å²) in [6.45, 7) is 0.277. The fraction of sp³-hybridized carbons (Fsp3) is 0.0556. The maximum absolute atomic E-state index is 12.2. The zero-order chi connectivity index (χ0) is 13.8. The predicted octanol–water partition coefficient (Wildman–Crippen LogP) is 3.24. The van der Waals surface area contributed by atoms with Crippen molar-refractivity contribution in [3.05, 3.63) is 77.4 Å². The molecule has 0 amide bonds. The highest BCUT2D eigenvalue weighted by atomic mass is 16.5. The molecule has 0 aliphatic carbocycles. The average Bonchev–Trinajstić information content (AvgIpc) is 2.51. The lowest BCUT2D eigenvalue weighted by atomic mass is 10.0. The van der Waals surface area contributed by atoms with E-state index in [9.17, 15) is 4.79 Å². The van der Waals surface area contributed by atoms with Gasteiger partial charge in [0.15, 0.2) is 5.78 Å². The number of benzene rings is 2. The van der Waals surface area contributed by atoms with Gasteiger partial charge < -0.3 is 4.74 Å². The number of carbonyl (C=O) groups excluding carboxylic acids is 1. The van der Waals surface area contributed by atoms with E-state index in [0.717, 1.165) is 5.56 Å². The molecule has 2 nitrogen and oxygen atoms in total. The quantitative estimate of drug-likeness (QED) is 0.537. The second kappa shape index (κ2) is 5.46. The first-order valence-electron chi connectivity index (χ1n) is 6.37. The molecule has 1 aliphatic rings. The molecule has 0 unspecified atom stereocenters. The van der Waals surface area contributed by atoms with Gasteiger partial charge in [-0.3, -0.25) is 4.79 Å². The summed E-state index contributed by atoms with van der Waals surface area (Å²) in [6, 6.07) is 16.9. The van der Waals surface area contributed by atoms with Crippen LogP contribution >= 0.6 is 0 Å². The van der Waals surface area contributed by atoms with Crippen LogP contribution in [-0.2, 0) is 0 Å². The van der Waals surface area contributed by atoms with Gasteiger partial charge in [-0.1, -0.05) is 42.2 Å². The van der Waals surface area contributed by atoms with Crippen molar-refractivity contribution in [3.63, 3.8) is 0 Å². The van der Waals surface area contributed by atoms with Crippen molar-refractivity contribution in [1.29, 1.82) is 0 Å². The Kier molecular flexibility index (Phi) is 3.34. The van der Waals surface area contributed by atoms with Crippen LogP contribution in [0.25, 0.3) is 0 Å². The fourth-order valence-corrected chi connectivity index (χ4v) is 2.01. The smallest absolute Gasteiger partial charge is 0.196 e. The van der Waals surface area contributed by atoms with Gasteiger partial charge in [-0.15, -0.1) is 0 Å². The summed E-state index contributed by atoms with van der Waals surface area (Å²) in [5.74, 6) is 6.56. The lowest BCUT2D eigenvalue weighted by Gasteiger charge is -2.17. The van der Waals surface area contributed by atoms with Gasteiger partial charge in [0.05, 0.1) is 5.56 Å². The van der Waals surface area contributed by atoms with Crippen molar-refractivity contribution in [2.45, 2.75) is 0 Å². The van der Waals surface area contributed by atoms with E-state index >= 15 is 0 Å². The van der Waals surface area contributed by atoms with Gasteiger partial charge >= 0.3 is 0 Å². The van der Waals surface area contributed by atoms with Crippen molar-refractivity contribution in [2.75, 3.05) is 6.61 Å². The Labute approximate surface area is 117 Å². The minimum Gasteiger partial charge on any atom is -0.488 e. The zero-order valence-electron chi connectivity index (χ0n) is 10.8. The Morgan fingerprint density at radius 1 is 1.00 bits per heavy atom. The van der Waals surface area contributed by atoms with Crippen LogP contribution in [0.15, 0.2) is 66.2 Å². The number of carbonyl (C=O) groups is 1. The van der Waals surface area contributed by atoms with Crippen molar-refractivity contribution >= 4 is 5.78 Å². The maximum atomic E-state index is 12.2. The molecule has 0 saturated heterocycles. The van der Waals surface area contributed by atoms with Crippen LogP contribution in [-0.4, -0.2) is 12.4 Å². The topological polar surface area (TPSA) is 26.3 Å². The van der Waals surface area contributed by atoms with Gasteiger partial charge in [0, 0.05) is 11.1 Å². The SMILES string of the molecule is O=C1/C(=C/C#Cc2ccccc2)COc2ccccc21. The maximum Gasteiger partial charge on any atom is 0.196 e. The molecule has 96 valence electrons. The van der Waals surface area contributed by atoms with E-state index in [0.29, 0.717) is 16.9 Å². The van der Waals surface area contributed by atoms with Gasteiger partial charge in [-0.25, -0.2) is 0 Å². The summed E-state index contributed by atoms with van der Waals surface area (Å²) in [4.78, 5) is 12.2. The molecular formula is C18H12O2. The largest absolute Gasteiger partial charge is 0.488 e. The van der Waals surface area contributed by atoms with E-state index in [1.807, 2.05) is 42.5 Å². The first-order chi connectivity index (χ1) is 9.84. The second-order valence-electron chi connectivity index (χ2n) is 4.42. The Bertz CT molecular complexity index is 731. The number of allylic oxidation sites excluding steroid dienone is 1. The van der Waals surface area contributed by atoms with Crippen LogP contribution in [0.3, 0.4) is 0 Å². The molecule has 0 fully saturated rings. The lowest BCUT2D eigenvalue weighted by molar-refractivity contribution is 0.0999. The molecule has 0 aromatic heterocycles. The number of fused-ring (bicyclic) bond motifs is 1. The molecule has 2 aromatic carbocycles. The van der Waals surface area contributed by atoms with Crippen molar-refractivity contribution < 1.29 is 9.53 Å². The lowest BCUT2D eigenvalue weighted by Crippen LogP contribution is -2.18. The number of hydrogen-bond donors (Lipinski definition) is 0. The number of Topliss-reactive ketones (excluding diaryl/α,β-unsaturated/α-hetero) is 1. The monoisotopic (exact) mass is 260 g/mol. The first kappa shape index (κ1) is 12.3. The highest BCUT2D eigenvalue weighted by molar-refractivity contribution is 6.11. The third-order valence-corrected chi connectivity index (χ3v) is 3.04. The summed E-state index contributed by atoms with van der Waals surface area (Å²) in [7, 11) is 0. The van der Waals surface area contributed by atoms with Gasteiger partial charge in [0.25, 0.3) is 0 Å². The van der Waals surface area contributed by atoms with Gasteiger partial charge in [-0.05, 0) is 30.3 Å². The molecule has 0 saturated carbocycles. The summed E-state index contributed by atoms with van der Waals surface area (Å²) >= 11 is 0. The normalized spacial score (nSPS) is 15.0. The van der Waals surface area contributed by atoms with Gasteiger partial charge in [-0.2, -0.15) is 0 Å². The molecule has 0 spiro atoms. The third kappa shape index (κ3) is 2.48. The number of ether oxygens (including phenoxy) is 1. The fourth-order valence-electron chi connectivity index (χ4n) is 2.01. The van der Waals surface area contributed by atoms with Crippen LogP contribution in [0.4, 0.5) is 0 Å². The molecule has 1 aliphatic heterocycles. The Balaban J connectivity index is 1.85. The third-order valence-electron chi connectivity index (χ3n) is 3.04. The van der Waals surface area contributed by atoms with Crippen molar-refractivity contribution in [3.8, 4) is 17.6 Å². The van der Waals surface area contributed by atoms with E-state index in [1.54, 1.807) is 18.2 Å². The minimum absolute atomic E-state index is 0.00536. The van der Waals surface area contributed by atoms with Crippen LogP contribution in [0.2, 0.25) is 0 Å². The summed E-state index contributed by atoms with van der Waals surface area (Å²) in [6.07, 6.45) is 1.64. The van der Waals surface area contributed by atoms with E-state index in [2.05, 4.69) is 11.8 Å². The van der Waals surface area contributed by atoms with E-state index in [4.69, 9.17) is 4.74 Å². The molecule has 1 heterocycles. The molecule has 2 aromatic rings. The predicted molar refractivity (Wildman–Crippen MR) is 77.7 cm³/mol. The summed E-state index contributed by atoms with van der Waals surface area (Å²) < 4.78 is 5.55. The van der Waals surface area contributed by atoms with Crippen LogP contribution < -0.4 is 4.74 Å². The van der Waals surface area contributed by atoms with E-state index in [-0.39, 0.29) is 12.4 Å². The Morgan fingerprint density at radius 2 is 1.75 bits per heavy atom. The molecule has 0 bridgehead atoms. The highest BCUT2D eigenvalue weighted by Gasteiger charge is 2.21. The standard InChI is InChI=1S/C18H12O2/c19-18-15(10-6-9-14-7-2-1-3-8-14)13-20-17-12-5-4-11-16(17)18/h1-5,7-8,10-12H,13H2/b15-10+. The molecule has 0 N–H and O–H groups in total. The van der Waals surface area contributed by atoms with Crippen LogP contribution in [0, 0.1) is 11.8 Å². The minimum atomic E-state index is -0.00536. The number of ketones is 1. The second-order valence-corrected chi connectivity index (χ2v) is 4.42. The molecular weight excluding hydrogens is 248 g/mol. The molecule has 20 heavy (non-hydrogen) atoms. The van der Waals surface area contributed by atoms with Gasteiger partial charge in [0.1, 0.15) is 12.4 Å². The molecule has 0 atom stereocenters. The van der Waals surface area contributed by atoms with Crippen molar-refractivity contribution in [1.82, 2.24) is 0 Å². The van der Waals surface area contributed by atoms with Crippen LogP contribution in [0.1, 0.15) is 15.9 Å². The zero-order valence-corrected chi connectivity index (χ0v) is 10.8.